The van der Waals surface area contributed by atoms with E-state index in [0.717, 1.165) is 18.2 Å². The maximum absolute atomic E-state index is 14.0. The SMILES string of the molecule is CC(C)(C)OC(=O)N[C@H]1CC(O)CSC1c1cc(F)ccc1F. The van der Waals surface area contributed by atoms with Crippen LogP contribution in [-0.4, -0.2) is 34.7 Å². The lowest BCUT2D eigenvalue weighted by molar-refractivity contribution is 0.0483. The van der Waals surface area contributed by atoms with Gasteiger partial charge < -0.3 is 15.2 Å². The summed E-state index contributed by atoms with van der Waals surface area (Å²) < 4.78 is 32.7. The molecule has 1 fully saturated rings. The Bertz CT molecular complexity index is 577. The fourth-order valence-electron chi connectivity index (χ4n) is 2.45. The largest absolute Gasteiger partial charge is 0.444 e. The number of carbonyl (C=O) groups is 1. The van der Waals surface area contributed by atoms with E-state index in [1.807, 2.05) is 0 Å². The molecule has 1 saturated heterocycles. The van der Waals surface area contributed by atoms with Crippen LogP contribution in [0.1, 0.15) is 38.0 Å². The lowest BCUT2D eigenvalue weighted by Gasteiger charge is -2.35. The summed E-state index contributed by atoms with van der Waals surface area (Å²) in [4.78, 5) is 12.0. The molecule has 4 nitrogen and oxygen atoms in total. The lowest BCUT2D eigenvalue weighted by Crippen LogP contribution is -2.46. The average Bonchev–Trinajstić information content (AvgIpc) is 2.40. The second-order valence-corrected chi connectivity index (χ2v) is 7.74. The zero-order valence-corrected chi connectivity index (χ0v) is 14.1. The standard InChI is InChI=1S/C16H21F2NO3S/c1-16(2,3)22-15(21)19-13-7-10(20)8-23-14(13)11-6-9(17)4-5-12(11)18/h4-6,10,13-14,20H,7-8H2,1-3H3,(H,19,21)/t10?,13-,14?/m0/s1. The third kappa shape index (κ3) is 5.07. The van der Waals surface area contributed by atoms with E-state index in [0.29, 0.717) is 5.75 Å². The minimum atomic E-state index is -0.663. The zero-order valence-electron chi connectivity index (χ0n) is 13.3. The molecule has 0 aliphatic carbocycles. The first kappa shape index (κ1) is 18.0. The van der Waals surface area contributed by atoms with Crippen LogP contribution >= 0.6 is 11.8 Å². The van der Waals surface area contributed by atoms with Gasteiger partial charge in [0.25, 0.3) is 0 Å². The molecule has 1 aliphatic rings. The first-order valence-corrected chi connectivity index (χ1v) is 8.45. The molecule has 0 saturated carbocycles. The highest BCUT2D eigenvalue weighted by Crippen LogP contribution is 2.40. The maximum atomic E-state index is 14.0. The Morgan fingerprint density at radius 3 is 2.74 bits per heavy atom. The summed E-state index contributed by atoms with van der Waals surface area (Å²) in [5.74, 6) is -0.673. The van der Waals surface area contributed by atoms with E-state index >= 15 is 0 Å². The number of aliphatic hydroxyl groups is 1. The Morgan fingerprint density at radius 2 is 2.09 bits per heavy atom. The van der Waals surface area contributed by atoms with Crippen molar-refractivity contribution >= 4 is 17.9 Å². The second kappa shape index (κ2) is 7.05. The minimum absolute atomic E-state index is 0.183. The Hall–Kier alpha value is -1.34. The predicted octanol–water partition coefficient (Wildman–Crippen LogP) is 3.40. The molecule has 128 valence electrons. The summed E-state index contributed by atoms with van der Waals surface area (Å²) in [5.41, 5.74) is -0.479. The maximum Gasteiger partial charge on any atom is 0.407 e. The molecule has 1 aliphatic heterocycles. The Labute approximate surface area is 138 Å². The first-order chi connectivity index (χ1) is 10.7. The third-order valence-electron chi connectivity index (χ3n) is 3.33. The van der Waals surface area contributed by atoms with Crippen LogP contribution < -0.4 is 5.32 Å². The van der Waals surface area contributed by atoms with E-state index in [9.17, 15) is 18.7 Å². The summed E-state index contributed by atoms with van der Waals surface area (Å²) >= 11 is 1.29. The van der Waals surface area contributed by atoms with Gasteiger partial charge in [-0.25, -0.2) is 13.6 Å². The molecule has 0 radical (unpaired) electrons. The Kier molecular flexibility index (Phi) is 5.52. The molecule has 2 N–H and O–H groups in total. The number of aliphatic hydroxyl groups excluding tert-OH is 1. The van der Waals surface area contributed by atoms with Crippen LogP contribution in [0.4, 0.5) is 13.6 Å². The zero-order chi connectivity index (χ0) is 17.2. The minimum Gasteiger partial charge on any atom is -0.444 e. The molecule has 7 heteroatoms. The number of alkyl carbamates (subject to hydrolysis) is 1. The number of ether oxygens (including phenoxy) is 1. The topological polar surface area (TPSA) is 58.6 Å². The van der Waals surface area contributed by atoms with Crippen LogP contribution in [0.15, 0.2) is 18.2 Å². The fraction of sp³-hybridized carbons (Fsp3) is 0.562. The number of hydrogen-bond donors (Lipinski definition) is 2. The number of amides is 1. The quantitative estimate of drug-likeness (QED) is 0.863. The normalized spacial score (nSPS) is 25.0. The van der Waals surface area contributed by atoms with Gasteiger partial charge in [0.2, 0.25) is 0 Å². The molecular weight excluding hydrogens is 324 g/mol. The molecule has 1 heterocycles. The fourth-order valence-corrected chi connectivity index (χ4v) is 3.79. The van der Waals surface area contributed by atoms with Crippen LogP contribution in [0, 0.1) is 11.6 Å². The number of thioether (sulfide) groups is 1. The predicted molar refractivity (Wildman–Crippen MR) is 85.3 cm³/mol. The summed E-state index contributed by atoms with van der Waals surface area (Å²) in [6, 6.07) is 2.71. The van der Waals surface area contributed by atoms with Crippen molar-refractivity contribution in [3.8, 4) is 0 Å². The van der Waals surface area contributed by atoms with Crippen molar-refractivity contribution in [2.45, 2.75) is 50.2 Å². The van der Waals surface area contributed by atoms with Crippen molar-refractivity contribution in [1.82, 2.24) is 5.32 Å². The van der Waals surface area contributed by atoms with Gasteiger partial charge in [-0.1, -0.05) is 0 Å². The Balaban J connectivity index is 2.19. The molecule has 0 spiro atoms. The van der Waals surface area contributed by atoms with E-state index in [2.05, 4.69) is 5.32 Å². The highest BCUT2D eigenvalue weighted by molar-refractivity contribution is 7.99. The summed E-state index contributed by atoms with van der Waals surface area (Å²) in [5, 5.41) is 12.0. The van der Waals surface area contributed by atoms with Crippen molar-refractivity contribution in [3.05, 3.63) is 35.4 Å². The highest BCUT2D eigenvalue weighted by atomic mass is 32.2. The number of halogens is 2. The molecule has 3 atom stereocenters. The third-order valence-corrected chi connectivity index (χ3v) is 4.85. The smallest absolute Gasteiger partial charge is 0.407 e. The molecule has 1 aromatic carbocycles. The number of benzene rings is 1. The van der Waals surface area contributed by atoms with Crippen molar-refractivity contribution in [2.75, 3.05) is 5.75 Å². The number of hydrogen-bond acceptors (Lipinski definition) is 4. The summed E-state index contributed by atoms with van der Waals surface area (Å²) in [6.45, 7) is 5.21. The van der Waals surface area contributed by atoms with E-state index in [4.69, 9.17) is 4.74 Å². The summed E-state index contributed by atoms with van der Waals surface area (Å²) in [6.07, 6.45) is -1.00. The number of rotatable bonds is 2. The molecule has 0 bridgehead atoms. The van der Waals surface area contributed by atoms with Crippen LogP contribution in [-0.2, 0) is 4.74 Å². The van der Waals surface area contributed by atoms with Gasteiger partial charge in [0, 0.05) is 11.3 Å². The van der Waals surface area contributed by atoms with Crippen LogP contribution in [0.2, 0.25) is 0 Å². The van der Waals surface area contributed by atoms with Gasteiger partial charge in [0.05, 0.1) is 17.4 Å². The van der Waals surface area contributed by atoms with Crippen molar-refractivity contribution < 1.29 is 23.4 Å². The number of nitrogens with one attached hydrogen (secondary N) is 1. The van der Waals surface area contributed by atoms with Gasteiger partial charge in [0.1, 0.15) is 17.2 Å². The van der Waals surface area contributed by atoms with E-state index in [1.165, 1.54) is 11.8 Å². The average molecular weight is 345 g/mol. The molecule has 23 heavy (non-hydrogen) atoms. The van der Waals surface area contributed by atoms with Crippen molar-refractivity contribution in [2.24, 2.45) is 0 Å². The van der Waals surface area contributed by atoms with E-state index in [-0.39, 0.29) is 12.0 Å². The molecule has 2 unspecified atom stereocenters. The molecule has 1 aromatic rings. The van der Waals surface area contributed by atoms with Crippen molar-refractivity contribution in [3.63, 3.8) is 0 Å². The van der Waals surface area contributed by atoms with Gasteiger partial charge in [-0.05, 0) is 45.4 Å². The van der Waals surface area contributed by atoms with Crippen LogP contribution in [0.25, 0.3) is 0 Å². The van der Waals surface area contributed by atoms with E-state index < -0.39 is 40.7 Å². The van der Waals surface area contributed by atoms with E-state index in [1.54, 1.807) is 20.8 Å². The van der Waals surface area contributed by atoms with Gasteiger partial charge in [-0.3, -0.25) is 0 Å². The van der Waals surface area contributed by atoms with Crippen LogP contribution in [0.5, 0.6) is 0 Å². The van der Waals surface area contributed by atoms with Gasteiger partial charge >= 0.3 is 6.09 Å². The number of carbonyl (C=O) groups excluding carboxylic acids is 1. The molecular formula is C16H21F2NO3S. The highest BCUT2D eigenvalue weighted by Gasteiger charge is 2.35. The lowest BCUT2D eigenvalue weighted by atomic mass is 9.99. The molecule has 0 aromatic heterocycles. The second-order valence-electron chi connectivity index (χ2n) is 6.56. The van der Waals surface area contributed by atoms with Gasteiger partial charge in [0.15, 0.2) is 0 Å². The Morgan fingerprint density at radius 1 is 1.39 bits per heavy atom. The molecule has 2 rings (SSSR count). The first-order valence-electron chi connectivity index (χ1n) is 7.40. The van der Waals surface area contributed by atoms with Gasteiger partial charge in [-0.2, -0.15) is 0 Å². The molecule has 1 amide bonds. The monoisotopic (exact) mass is 345 g/mol. The van der Waals surface area contributed by atoms with Gasteiger partial charge in [-0.15, -0.1) is 11.8 Å². The van der Waals surface area contributed by atoms with Crippen molar-refractivity contribution in [1.29, 1.82) is 0 Å². The summed E-state index contributed by atoms with van der Waals surface area (Å²) in [7, 11) is 0. The van der Waals surface area contributed by atoms with Crippen LogP contribution in [0.3, 0.4) is 0 Å².